The van der Waals surface area contributed by atoms with Crippen molar-refractivity contribution in [2.75, 3.05) is 13.6 Å². The van der Waals surface area contributed by atoms with Gasteiger partial charge in [-0.1, -0.05) is 31.7 Å². The molecule has 4 nitrogen and oxygen atoms in total. The lowest BCUT2D eigenvalue weighted by molar-refractivity contribution is -0.122. The predicted molar refractivity (Wildman–Crippen MR) is 89.6 cm³/mol. The van der Waals surface area contributed by atoms with Crippen LogP contribution in [0.1, 0.15) is 56.2 Å². The highest BCUT2D eigenvalue weighted by atomic mass is 16.1. The molecule has 22 heavy (non-hydrogen) atoms. The van der Waals surface area contributed by atoms with E-state index in [2.05, 4.69) is 28.2 Å². The van der Waals surface area contributed by atoms with Gasteiger partial charge in [-0.2, -0.15) is 0 Å². The van der Waals surface area contributed by atoms with Crippen LogP contribution in [0.5, 0.6) is 0 Å². The molecule has 1 aliphatic rings. The highest BCUT2D eigenvalue weighted by Gasteiger charge is 2.15. The number of carbonyl (C=O) groups excluding carboxylic acids is 1. The Kier molecular flexibility index (Phi) is 6.84. The maximum atomic E-state index is 12.1. The normalized spacial score (nSPS) is 16.5. The van der Waals surface area contributed by atoms with Crippen molar-refractivity contribution in [1.29, 1.82) is 0 Å². The van der Waals surface area contributed by atoms with Crippen molar-refractivity contribution in [3.63, 3.8) is 0 Å². The number of amides is 1. The molecule has 0 aromatic carbocycles. The van der Waals surface area contributed by atoms with Crippen LogP contribution in [-0.2, 0) is 11.3 Å². The number of aryl methyl sites for hydroxylation is 1. The Morgan fingerprint density at radius 1 is 1.32 bits per heavy atom. The largest absolute Gasteiger partial charge is 0.353 e. The lowest BCUT2D eigenvalue weighted by Crippen LogP contribution is -2.36. The van der Waals surface area contributed by atoms with Crippen LogP contribution in [0.4, 0.5) is 0 Å². The molecule has 0 atom stereocenters. The first-order chi connectivity index (χ1) is 10.6. The molecule has 1 fully saturated rings. The third kappa shape index (κ3) is 5.76. The fraction of sp³-hybridized carbons (Fsp3) is 0.667. The quantitative estimate of drug-likeness (QED) is 0.822. The van der Waals surface area contributed by atoms with Crippen LogP contribution < -0.4 is 5.32 Å². The molecule has 0 radical (unpaired) electrons. The van der Waals surface area contributed by atoms with Crippen LogP contribution in [0.2, 0.25) is 0 Å². The summed E-state index contributed by atoms with van der Waals surface area (Å²) in [4.78, 5) is 18.7. The van der Waals surface area contributed by atoms with Crippen molar-refractivity contribution in [2.24, 2.45) is 0 Å². The second-order valence-electron chi connectivity index (χ2n) is 6.51. The van der Waals surface area contributed by atoms with Gasteiger partial charge in [0.2, 0.25) is 5.91 Å². The summed E-state index contributed by atoms with van der Waals surface area (Å²) in [5, 5.41) is 3.21. The molecular weight excluding hydrogens is 274 g/mol. The van der Waals surface area contributed by atoms with Crippen LogP contribution in [-0.4, -0.2) is 35.4 Å². The Labute approximate surface area is 134 Å². The fourth-order valence-electron chi connectivity index (χ4n) is 3.03. The van der Waals surface area contributed by atoms with Gasteiger partial charge in [0, 0.05) is 31.7 Å². The average molecular weight is 303 g/mol. The molecule has 1 N–H and O–H groups in total. The lowest BCUT2D eigenvalue weighted by Gasteiger charge is -2.19. The van der Waals surface area contributed by atoms with Gasteiger partial charge in [-0.15, -0.1) is 0 Å². The maximum absolute atomic E-state index is 12.1. The molecule has 0 unspecified atom stereocenters. The molecule has 4 heteroatoms. The molecule has 1 aromatic rings. The van der Waals surface area contributed by atoms with Crippen molar-refractivity contribution in [3.05, 3.63) is 29.6 Å². The minimum absolute atomic E-state index is 0.191. The zero-order valence-corrected chi connectivity index (χ0v) is 14.0. The molecule has 1 amide bonds. The minimum Gasteiger partial charge on any atom is -0.353 e. The summed E-state index contributed by atoms with van der Waals surface area (Å²) >= 11 is 0. The van der Waals surface area contributed by atoms with Crippen molar-refractivity contribution in [1.82, 2.24) is 15.2 Å². The lowest BCUT2D eigenvalue weighted by atomic mass is 10.1. The van der Waals surface area contributed by atoms with E-state index in [0.29, 0.717) is 12.5 Å². The van der Waals surface area contributed by atoms with E-state index < -0.39 is 0 Å². The summed E-state index contributed by atoms with van der Waals surface area (Å²) in [5.41, 5.74) is 2.30. The van der Waals surface area contributed by atoms with E-state index in [1.807, 2.05) is 19.3 Å². The van der Waals surface area contributed by atoms with Crippen molar-refractivity contribution >= 4 is 5.91 Å². The first-order valence-corrected chi connectivity index (χ1v) is 8.53. The zero-order chi connectivity index (χ0) is 15.8. The van der Waals surface area contributed by atoms with E-state index in [1.165, 1.54) is 31.2 Å². The molecule has 1 aromatic heterocycles. The van der Waals surface area contributed by atoms with Gasteiger partial charge in [0.15, 0.2) is 0 Å². The first-order valence-electron chi connectivity index (χ1n) is 8.53. The average Bonchev–Trinajstić information content (AvgIpc) is 2.76. The second-order valence-corrected chi connectivity index (χ2v) is 6.51. The predicted octanol–water partition coefficient (Wildman–Crippen LogP) is 3.05. The van der Waals surface area contributed by atoms with Gasteiger partial charge in [-0.25, -0.2) is 0 Å². The van der Waals surface area contributed by atoms with E-state index in [4.69, 9.17) is 0 Å². The van der Waals surface area contributed by atoms with Crippen LogP contribution in [0, 0.1) is 6.92 Å². The molecule has 0 aliphatic heterocycles. The van der Waals surface area contributed by atoms with Gasteiger partial charge in [0.05, 0.1) is 5.69 Å². The highest BCUT2D eigenvalue weighted by Crippen LogP contribution is 2.17. The molecular formula is C18H29N3O. The smallest absolute Gasteiger partial charge is 0.221 e. The molecule has 2 rings (SSSR count). The number of hydrogen-bond donors (Lipinski definition) is 1. The third-order valence-corrected chi connectivity index (χ3v) is 4.48. The summed E-state index contributed by atoms with van der Waals surface area (Å²) in [7, 11) is 2.05. The van der Waals surface area contributed by atoms with E-state index in [1.54, 1.807) is 0 Å². The molecule has 1 aliphatic carbocycles. The fourth-order valence-corrected chi connectivity index (χ4v) is 3.03. The van der Waals surface area contributed by atoms with E-state index in [9.17, 15) is 4.79 Å². The van der Waals surface area contributed by atoms with Gasteiger partial charge >= 0.3 is 0 Å². The SMILES string of the molecule is Cc1cccnc1CN(C)CCC(=O)NC1CCCCCC1. The van der Waals surface area contributed by atoms with Crippen LogP contribution in [0.3, 0.4) is 0 Å². The van der Waals surface area contributed by atoms with Crippen molar-refractivity contribution in [2.45, 2.75) is 64.5 Å². The second kappa shape index (κ2) is 8.89. The molecule has 0 saturated heterocycles. The van der Waals surface area contributed by atoms with Gasteiger partial charge < -0.3 is 10.2 Å². The van der Waals surface area contributed by atoms with Crippen molar-refractivity contribution in [3.8, 4) is 0 Å². The summed E-state index contributed by atoms with van der Waals surface area (Å²) in [6.07, 6.45) is 9.84. The zero-order valence-electron chi connectivity index (χ0n) is 14.0. The van der Waals surface area contributed by atoms with Gasteiger partial charge in [0.1, 0.15) is 0 Å². The summed E-state index contributed by atoms with van der Waals surface area (Å²) in [6, 6.07) is 4.44. The topological polar surface area (TPSA) is 45.2 Å². The Bertz CT molecular complexity index is 467. The Balaban J connectivity index is 1.70. The van der Waals surface area contributed by atoms with Crippen LogP contribution in [0.15, 0.2) is 18.3 Å². The number of pyridine rings is 1. The summed E-state index contributed by atoms with van der Waals surface area (Å²) in [6.45, 7) is 3.65. The number of aromatic nitrogens is 1. The van der Waals surface area contributed by atoms with Crippen molar-refractivity contribution < 1.29 is 4.79 Å². The molecule has 1 heterocycles. The van der Waals surface area contributed by atoms with Gasteiger partial charge in [-0.05, 0) is 38.4 Å². The standard InChI is InChI=1S/C18H29N3O/c1-15-8-7-12-19-17(15)14-21(2)13-11-18(22)20-16-9-5-3-4-6-10-16/h7-8,12,16H,3-6,9-11,13-14H2,1-2H3,(H,20,22). The number of nitrogens with zero attached hydrogens (tertiary/aromatic N) is 2. The number of nitrogens with one attached hydrogen (secondary N) is 1. The third-order valence-electron chi connectivity index (χ3n) is 4.48. The number of hydrogen-bond acceptors (Lipinski definition) is 3. The molecule has 0 bridgehead atoms. The van der Waals surface area contributed by atoms with E-state index >= 15 is 0 Å². The van der Waals surface area contributed by atoms with Crippen LogP contribution >= 0.6 is 0 Å². The summed E-state index contributed by atoms with van der Waals surface area (Å²) in [5.74, 6) is 0.191. The van der Waals surface area contributed by atoms with Gasteiger partial charge in [-0.3, -0.25) is 9.78 Å². The van der Waals surface area contributed by atoms with Crippen LogP contribution in [0.25, 0.3) is 0 Å². The first kappa shape index (κ1) is 16.9. The van der Waals surface area contributed by atoms with Gasteiger partial charge in [0.25, 0.3) is 0 Å². The Morgan fingerprint density at radius 2 is 2.05 bits per heavy atom. The minimum atomic E-state index is 0.191. The molecule has 1 saturated carbocycles. The highest BCUT2D eigenvalue weighted by molar-refractivity contribution is 5.76. The monoisotopic (exact) mass is 303 g/mol. The Morgan fingerprint density at radius 3 is 2.73 bits per heavy atom. The van der Waals surface area contributed by atoms with E-state index in [-0.39, 0.29) is 5.91 Å². The summed E-state index contributed by atoms with van der Waals surface area (Å²) < 4.78 is 0. The number of rotatable bonds is 6. The molecule has 0 spiro atoms. The Hall–Kier alpha value is -1.42. The molecule has 122 valence electrons. The number of carbonyl (C=O) groups is 1. The maximum Gasteiger partial charge on any atom is 0.221 e. The van der Waals surface area contributed by atoms with E-state index in [0.717, 1.165) is 31.6 Å².